The number of hydrogen-bond acceptors (Lipinski definition) is 5. The van der Waals surface area contributed by atoms with E-state index in [-0.39, 0.29) is 11.7 Å². The number of carbonyl (C=O) groups is 1. The third kappa shape index (κ3) is 5.63. The van der Waals surface area contributed by atoms with Crippen molar-refractivity contribution in [2.75, 3.05) is 48.7 Å². The molecule has 1 amide bonds. The molecule has 156 valence electrons. The van der Waals surface area contributed by atoms with Crippen molar-refractivity contribution >= 4 is 27.3 Å². The molecule has 1 N–H and O–H groups in total. The van der Waals surface area contributed by atoms with E-state index < -0.39 is 10.0 Å². The standard InChI is InChI=1S/C21H27N3O4S/c1-3-29(26,27)22-18-6-8-19(9-7-18)23-12-14-24(15-13-23)21(25)16-17-4-10-20(28-2)11-5-17/h4-11,22H,3,12-16H2,1-2H3. The van der Waals surface area contributed by atoms with Gasteiger partial charge in [-0.2, -0.15) is 0 Å². The number of methoxy groups -OCH3 is 1. The van der Waals surface area contributed by atoms with Gasteiger partial charge in [0.1, 0.15) is 5.75 Å². The number of amides is 1. The molecule has 0 unspecified atom stereocenters. The molecule has 0 saturated carbocycles. The predicted molar refractivity (Wildman–Crippen MR) is 115 cm³/mol. The molecule has 1 aliphatic heterocycles. The Bertz CT molecular complexity index is 919. The van der Waals surface area contributed by atoms with Crippen molar-refractivity contribution in [3.05, 3.63) is 54.1 Å². The number of ether oxygens (including phenoxy) is 1. The largest absolute Gasteiger partial charge is 0.497 e. The van der Waals surface area contributed by atoms with Crippen LogP contribution in [0.1, 0.15) is 12.5 Å². The van der Waals surface area contributed by atoms with E-state index in [1.165, 1.54) is 0 Å². The van der Waals surface area contributed by atoms with E-state index in [1.807, 2.05) is 41.3 Å². The summed E-state index contributed by atoms with van der Waals surface area (Å²) >= 11 is 0. The summed E-state index contributed by atoms with van der Waals surface area (Å²) in [5, 5.41) is 0. The lowest BCUT2D eigenvalue weighted by atomic mass is 10.1. The van der Waals surface area contributed by atoms with E-state index in [1.54, 1.807) is 26.2 Å². The maximum Gasteiger partial charge on any atom is 0.232 e. The summed E-state index contributed by atoms with van der Waals surface area (Å²) in [5.41, 5.74) is 2.55. The van der Waals surface area contributed by atoms with Crippen LogP contribution >= 0.6 is 0 Å². The van der Waals surface area contributed by atoms with Gasteiger partial charge in [0.2, 0.25) is 15.9 Å². The lowest BCUT2D eigenvalue weighted by Crippen LogP contribution is -2.49. The van der Waals surface area contributed by atoms with Gasteiger partial charge in [-0.15, -0.1) is 0 Å². The van der Waals surface area contributed by atoms with E-state index in [9.17, 15) is 13.2 Å². The first-order valence-corrected chi connectivity index (χ1v) is 11.3. The van der Waals surface area contributed by atoms with E-state index in [0.717, 1.165) is 30.1 Å². The molecule has 7 nitrogen and oxygen atoms in total. The van der Waals surface area contributed by atoms with Crippen LogP contribution < -0.4 is 14.4 Å². The van der Waals surface area contributed by atoms with E-state index in [4.69, 9.17) is 4.74 Å². The number of nitrogens with zero attached hydrogens (tertiary/aromatic N) is 2. The van der Waals surface area contributed by atoms with Gasteiger partial charge in [-0.3, -0.25) is 9.52 Å². The Morgan fingerprint density at radius 2 is 1.62 bits per heavy atom. The Balaban J connectivity index is 1.52. The highest BCUT2D eigenvalue weighted by atomic mass is 32.2. The van der Waals surface area contributed by atoms with Crippen LogP contribution in [0.2, 0.25) is 0 Å². The van der Waals surface area contributed by atoms with Crippen molar-refractivity contribution in [3.8, 4) is 5.75 Å². The quantitative estimate of drug-likeness (QED) is 0.748. The molecular weight excluding hydrogens is 390 g/mol. The molecule has 3 rings (SSSR count). The highest BCUT2D eigenvalue weighted by Gasteiger charge is 2.21. The molecule has 2 aromatic rings. The van der Waals surface area contributed by atoms with Crippen LogP contribution in [-0.2, 0) is 21.2 Å². The monoisotopic (exact) mass is 417 g/mol. The zero-order valence-corrected chi connectivity index (χ0v) is 17.6. The molecule has 1 fully saturated rings. The van der Waals surface area contributed by atoms with Gasteiger partial charge in [0.05, 0.1) is 19.3 Å². The minimum atomic E-state index is -3.27. The number of piperazine rings is 1. The Labute approximate surface area is 172 Å². The van der Waals surface area contributed by atoms with Gasteiger partial charge >= 0.3 is 0 Å². The van der Waals surface area contributed by atoms with Gasteiger partial charge in [-0.1, -0.05) is 12.1 Å². The van der Waals surface area contributed by atoms with Crippen molar-refractivity contribution < 1.29 is 17.9 Å². The molecule has 8 heteroatoms. The van der Waals surface area contributed by atoms with Crippen LogP contribution in [0.5, 0.6) is 5.75 Å². The first-order chi connectivity index (χ1) is 13.9. The van der Waals surface area contributed by atoms with E-state index >= 15 is 0 Å². The highest BCUT2D eigenvalue weighted by Crippen LogP contribution is 2.21. The second-order valence-corrected chi connectivity index (χ2v) is 8.96. The van der Waals surface area contributed by atoms with Crippen molar-refractivity contribution in [2.45, 2.75) is 13.3 Å². The molecule has 0 spiro atoms. The summed E-state index contributed by atoms with van der Waals surface area (Å²) in [4.78, 5) is 16.7. The third-order valence-corrected chi connectivity index (χ3v) is 6.34. The van der Waals surface area contributed by atoms with Crippen LogP contribution in [0.15, 0.2) is 48.5 Å². The van der Waals surface area contributed by atoms with E-state index in [0.29, 0.717) is 25.2 Å². The SMILES string of the molecule is CCS(=O)(=O)Nc1ccc(N2CCN(C(=O)Cc3ccc(OC)cc3)CC2)cc1. The van der Waals surface area contributed by atoms with Crippen molar-refractivity contribution in [2.24, 2.45) is 0 Å². The minimum Gasteiger partial charge on any atom is -0.497 e. The number of rotatable bonds is 7. The van der Waals surface area contributed by atoms with Gasteiger partial charge in [-0.05, 0) is 48.9 Å². The summed E-state index contributed by atoms with van der Waals surface area (Å²) in [6.45, 7) is 4.42. The number of nitrogens with one attached hydrogen (secondary N) is 1. The smallest absolute Gasteiger partial charge is 0.232 e. The van der Waals surface area contributed by atoms with E-state index in [2.05, 4.69) is 9.62 Å². The van der Waals surface area contributed by atoms with Crippen LogP contribution in [0.25, 0.3) is 0 Å². The summed E-state index contributed by atoms with van der Waals surface area (Å²) in [7, 11) is -1.65. The van der Waals surface area contributed by atoms with Crippen LogP contribution in [0, 0.1) is 0 Å². The molecule has 1 aliphatic rings. The fourth-order valence-corrected chi connectivity index (χ4v) is 3.88. The third-order valence-electron chi connectivity index (χ3n) is 5.03. The van der Waals surface area contributed by atoms with Crippen molar-refractivity contribution in [1.29, 1.82) is 0 Å². The van der Waals surface area contributed by atoms with Crippen LogP contribution in [0.3, 0.4) is 0 Å². The molecule has 0 aliphatic carbocycles. The second kappa shape index (κ2) is 9.17. The fourth-order valence-electron chi connectivity index (χ4n) is 3.24. The molecule has 2 aromatic carbocycles. The first kappa shape index (κ1) is 21.0. The maximum atomic E-state index is 12.6. The van der Waals surface area contributed by atoms with Gasteiger partial charge in [-0.25, -0.2) is 8.42 Å². The number of hydrogen-bond donors (Lipinski definition) is 1. The lowest BCUT2D eigenvalue weighted by molar-refractivity contribution is -0.130. The Kier molecular flexibility index (Phi) is 6.64. The summed E-state index contributed by atoms with van der Waals surface area (Å²) < 4.78 is 31.0. The average molecular weight is 418 g/mol. The zero-order chi connectivity index (χ0) is 20.9. The summed E-state index contributed by atoms with van der Waals surface area (Å²) in [6, 6.07) is 14.9. The Hall–Kier alpha value is -2.74. The molecule has 29 heavy (non-hydrogen) atoms. The van der Waals surface area contributed by atoms with Crippen molar-refractivity contribution in [1.82, 2.24) is 4.90 Å². The van der Waals surface area contributed by atoms with Crippen LogP contribution in [0.4, 0.5) is 11.4 Å². The average Bonchev–Trinajstić information content (AvgIpc) is 2.75. The van der Waals surface area contributed by atoms with Crippen LogP contribution in [-0.4, -0.2) is 58.3 Å². The summed E-state index contributed by atoms with van der Waals surface area (Å²) in [5.74, 6) is 0.948. The summed E-state index contributed by atoms with van der Waals surface area (Å²) in [6.07, 6.45) is 0.385. The second-order valence-electron chi connectivity index (χ2n) is 6.95. The molecule has 0 radical (unpaired) electrons. The van der Waals surface area contributed by atoms with Gasteiger partial charge in [0.25, 0.3) is 0 Å². The molecule has 1 heterocycles. The van der Waals surface area contributed by atoms with Crippen molar-refractivity contribution in [3.63, 3.8) is 0 Å². The van der Waals surface area contributed by atoms with Gasteiger partial charge in [0, 0.05) is 37.6 Å². The Morgan fingerprint density at radius 1 is 1.00 bits per heavy atom. The molecule has 0 atom stereocenters. The maximum absolute atomic E-state index is 12.6. The lowest BCUT2D eigenvalue weighted by Gasteiger charge is -2.36. The molecule has 0 aromatic heterocycles. The van der Waals surface area contributed by atoms with Gasteiger partial charge in [0.15, 0.2) is 0 Å². The van der Waals surface area contributed by atoms with Gasteiger partial charge < -0.3 is 14.5 Å². The number of carbonyl (C=O) groups excluding carboxylic acids is 1. The fraction of sp³-hybridized carbons (Fsp3) is 0.381. The topological polar surface area (TPSA) is 79.0 Å². The first-order valence-electron chi connectivity index (χ1n) is 9.66. The zero-order valence-electron chi connectivity index (χ0n) is 16.8. The predicted octanol–water partition coefficient (Wildman–Crippen LogP) is 2.35. The number of benzene rings is 2. The number of anilines is 2. The molecule has 0 bridgehead atoms. The minimum absolute atomic E-state index is 0.0429. The highest BCUT2D eigenvalue weighted by molar-refractivity contribution is 7.92. The number of sulfonamides is 1. The molecular formula is C21H27N3O4S. The Morgan fingerprint density at radius 3 is 2.17 bits per heavy atom. The molecule has 1 saturated heterocycles. The normalized spacial score (nSPS) is 14.6.